The van der Waals surface area contributed by atoms with E-state index >= 15 is 0 Å². The Labute approximate surface area is 84.4 Å². The van der Waals surface area contributed by atoms with Gasteiger partial charge in [0.05, 0.1) is 25.5 Å². The van der Waals surface area contributed by atoms with Gasteiger partial charge >= 0.3 is 0 Å². The van der Waals surface area contributed by atoms with Crippen LogP contribution in [0.1, 0.15) is 19.3 Å². The van der Waals surface area contributed by atoms with Crippen LogP contribution in [0.25, 0.3) is 0 Å². The van der Waals surface area contributed by atoms with Crippen LogP contribution in [0.5, 0.6) is 0 Å². The third-order valence-electron chi connectivity index (χ3n) is 2.99. The zero-order valence-corrected chi connectivity index (χ0v) is 8.37. The summed E-state index contributed by atoms with van der Waals surface area (Å²) in [6, 6.07) is 0.234. The van der Waals surface area contributed by atoms with E-state index in [9.17, 15) is 0 Å². The highest BCUT2D eigenvalue weighted by molar-refractivity contribution is 5.13. The Bertz CT molecular complexity index is 212. The molecule has 2 aliphatic heterocycles. The van der Waals surface area contributed by atoms with E-state index < -0.39 is 0 Å². The summed E-state index contributed by atoms with van der Waals surface area (Å²) in [6.07, 6.45) is 5.16. The first-order valence-electron chi connectivity index (χ1n) is 5.26. The van der Waals surface area contributed by atoms with Gasteiger partial charge in [0, 0.05) is 18.9 Å². The Kier molecular flexibility index (Phi) is 3.39. The number of ether oxygens (including phenoxy) is 2. The Balaban J connectivity index is 1.96. The van der Waals surface area contributed by atoms with Crippen LogP contribution >= 0.6 is 0 Å². The van der Waals surface area contributed by atoms with Crippen molar-refractivity contribution in [1.29, 1.82) is 0 Å². The van der Waals surface area contributed by atoms with Crippen LogP contribution in [0, 0.1) is 5.92 Å². The molecule has 1 fully saturated rings. The molecule has 0 radical (unpaired) electrons. The fourth-order valence-corrected chi connectivity index (χ4v) is 2.20. The van der Waals surface area contributed by atoms with Crippen molar-refractivity contribution in [3.8, 4) is 0 Å². The van der Waals surface area contributed by atoms with Gasteiger partial charge in [0.25, 0.3) is 0 Å². The van der Waals surface area contributed by atoms with Crippen LogP contribution in [-0.4, -0.2) is 25.9 Å². The SMILES string of the molecule is NNC(C1=COCC1)C1CCCOC1. The van der Waals surface area contributed by atoms with Crippen LogP contribution in [0.4, 0.5) is 0 Å². The van der Waals surface area contributed by atoms with Crippen LogP contribution in [-0.2, 0) is 9.47 Å². The van der Waals surface area contributed by atoms with Gasteiger partial charge in [-0.3, -0.25) is 11.3 Å². The first-order valence-corrected chi connectivity index (χ1v) is 5.26. The molecule has 80 valence electrons. The lowest BCUT2D eigenvalue weighted by molar-refractivity contribution is 0.0441. The lowest BCUT2D eigenvalue weighted by Gasteiger charge is -2.30. The van der Waals surface area contributed by atoms with Gasteiger partial charge in [-0.25, -0.2) is 0 Å². The summed E-state index contributed by atoms with van der Waals surface area (Å²) >= 11 is 0. The molecule has 2 atom stereocenters. The number of hydrogen-bond donors (Lipinski definition) is 2. The normalized spacial score (nSPS) is 29.5. The predicted molar refractivity (Wildman–Crippen MR) is 53.3 cm³/mol. The molecule has 0 bridgehead atoms. The molecule has 0 aromatic heterocycles. The molecule has 4 heteroatoms. The third kappa shape index (κ3) is 2.08. The van der Waals surface area contributed by atoms with Crippen molar-refractivity contribution in [1.82, 2.24) is 5.43 Å². The topological polar surface area (TPSA) is 56.5 Å². The van der Waals surface area contributed by atoms with E-state index in [2.05, 4.69) is 5.43 Å². The second-order valence-electron chi connectivity index (χ2n) is 3.94. The first kappa shape index (κ1) is 9.96. The average Bonchev–Trinajstić information content (AvgIpc) is 2.74. The van der Waals surface area contributed by atoms with Crippen LogP contribution in [0.3, 0.4) is 0 Å². The summed E-state index contributed by atoms with van der Waals surface area (Å²) in [5.41, 5.74) is 4.17. The number of nitrogens with one attached hydrogen (secondary N) is 1. The maximum Gasteiger partial charge on any atom is 0.0912 e. The Hall–Kier alpha value is -0.580. The molecule has 0 aromatic carbocycles. The van der Waals surface area contributed by atoms with Gasteiger partial charge in [0.15, 0.2) is 0 Å². The maximum absolute atomic E-state index is 5.58. The van der Waals surface area contributed by atoms with Crippen LogP contribution < -0.4 is 11.3 Å². The van der Waals surface area contributed by atoms with E-state index in [4.69, 9.17) is 15.3 Å². The number of hydrazine groups is 1. The fraction of sp³-hybridized carbons (Fsp3) is 0.800. The average molecular weight is 198 g/mol. The van der Waals surface area contributed by atoms with E-state index in [1.807, 2.05) is 6.26 Å². The molecule has 0 amide bonds. The molecule has 1 saturated heterocycles. The van der Waals surface area contributed by atoms with Gasteiger partial charge in [0.2, 0.25) is 0 Å². The summed E-state index contributed by atoms with van der Waals surface area (Å²) in [7, 11) is 0. The van der Waals surface area contributed by atoms with Crippen molar-refractivity contribution < 1.29 is 9.47 Å². The molecule has 0 aromatic rings. The van der Waals surface area contributed by atoms with E-state index in [0.717, 1.165) is 32.7 Å². The highest BCUT2D eigenvalue weighted by Gasteiger charge is 2.27. The second kappa shape index (κ2) is 4.77. The largest absolute Gasteiger partial charge is 0.501 e. The standard InChI is InChI=1S/C10H18N2O2/c11-12-10(9-3-5-14-7-9)8-2-1-4-13-6-8/h7-8,10,12H,1-6,11H2. The van der Waals surface area contributed by atoms with Gasteiger partial charge < -0.3 is 9.47 Å². The summed E-state index contributed by atoms with van der Waals surface area (Å²) in [5.74, 6) is 6.08. The maximum atomic E-state index is 5.58. The van der Waals surface area contributed by atoms with Crippen molar-refractivity contribution in [2.24, 2.45) is 11.8 Å². The van der Waals surface area contributed by atoms with Crippen molar-refractivity contribution in [2.75, 3.05) is 19.8 Å². The number of rotatable bonds is 3. The Morgan fingerprint density at radius 2 is 2.43 bits per heavy atom. The minimum atomic E-state index is 0.234. The van der Waals surface area contributed by atoms with Gasteiger partial charge in [-0.2, -0.15) is 0 Å². The van der Waals surface area contributed by atoms with Crippen molar-refractivity contribution in [3.63, 3.8) is 0 Å². The molecule has 2 heterocycles. The zero-order valence-electron chi connectivity index (χ0n) is 8.37. The van der Waals surface area contributed by atoms with Gasteiger partial charge in [0.1, 0.15) is 0 Å². The summed E-state index contributed by atoms with van der Waals surface area (Å²) in [5, 5.41) is 0. The molecule has 2 rings (SSSR count). The van der Waals surface area contributed by atoms with Crippen LogP contribution in [0.15, 0.2) is 11.8 Å². The Morgan fingerprint density at radius 3 is 3.00 bits per heavy atom. The molecular weight excluding hydrogens is 180 g/mol. The smallest absolute Gasteiger partial charge is 0.0912 e. The fourth-order valence-electron chi connectivity index (χ4n) is 2.20. The lowest BCUT2D eigenvalue weighted by atomic mass is 9.88. The summed E-state index contributed by atoms with van der Waals surface area (Å²) in [6.45, 7) is 2.50. The van der Waals surface area contributed by atoms with Gasteiger partial charge in [-0.05, 0) is 18.4 Å². The molecule has 2 aliphatic rings. The van der Waals surface area contributed by atoms with Crippen LogP contribution in [0.2, 0.25) is 0 Å². The molecule has 0 aliphatic carbocycles. The van der Waals surface area contributed by atoms with E-state index in [0.29, 0.717) is 5.92 Å². The summed E-state index contributed by atoms with van der Waals surface area (Å²) < 4.78 is 10.7. The molecule has 3 N–H and O–H groups in total. The number of nitrogens with two attached hydrogens (primary N) is 1. The highest BCUT2D eigenvalue weighted by atomic mass is 16.5. The number of hydrogen-bond acceptors (Lipinski definition) is 4. The highest BCUT2D eigenvalue weighted by Crippen LogP contribution is 2.25. The monoisotopic (exact) mass is 198 g/mol. The zero-order chi connectivity index (χ0) is 9.80. The van der Waals surface area contributed by atoms with Gasteiger partial charge in [-0.1, -0.05) is 0 Å². The molecular formula is C10H18N2O2. The predicted octanol–water partition coefficient (Wildman–Crippen LogP) is 0.549. The van der Waals surface area contributed by atoms with Crippen molar-refractivity contribution >= 4 is 0 Å². The quantitative estimate of drug-likeness (QED) is 0.513. The minimum absolute atomic E-state index is 0.234. The van der Waals surface area contributed by atoms with Crippen molar-refractivity contribution in [2.45, 2.75) is 25.3 Å². The third-order valence-corrected chi connectivity index (χ3v) is 2.99. The molecule has 14 heavy (non-hydrogen) atoms. The van der Waals surface area contributed by atoms with Crippen molar-refractivity contribution in [3.05, 3.63) is 11.8 Å². The minimum Gasteiger partial charge on any atom is -0.501 e. The first-order chi connectivity index (χ1) is 6.92. The van der Waals surface area contributed by atoms with E-state index in [-0.39, 0.29) is 6.04 Å². The van der Waals surface area contributed by atoms with E-state index in [1.54, 1.807) is 0 Å². The molecule has 0 spiro atoms. The molecule has 0 saturated carbocycles. The van der Waals surface area contributed by atoms with E-state index in [1.165, 1.54) is 12.0 Å². The molecule has 4 nitrogen and oxygen atoms in total. The lowest BCUT2D eigenvalue weighted by Crippen LogP contribution is -2.45. The molecule has 2 unspecified atom stereocenters. The van der Waals surface area contributed by atoms with Gasteiger partial charge in [-0.15, -0.1) is 0 Å². The summed E-state index contributed by atoms with van der Waals surface area (Å²) in [4.78, 5) is 0. The second-order valence-corrected chi connectivity index (χ2v) is 3.94. The Morgan fingerprint density at radius 1 is 1.50 bits per heavy atom.